The van der Waals surface area contributed by atoms with Crippen molar-refractivity contribution >= 4 is 120 Å². The van der Waals surface area contributed by atoms with Gasteiger partial charge in [0.1, 0.15) is 92.5 Å². The highest BCUT2D eigenvalue weighted by molar-refractivity contribution is 7.86. The van der Waals surface area contributed by atoms with Gasteiger partial charge in [-0.15, -0.1) is 11.3 Å². The van der Waals surface area contributed by atoms with E-state index in [1.807, 2.05) is 144 Å². The van der Waals surface area contributed by atoms with Crippen LogP contribution in [-0.4, -0.2) is 150 Å². The van der Waals surface area contributed by atoms with Crippen molar-refractivity contribution < 1.29 is 21.8 Å². The van der Waals surface area contributed by atoms with E-state index in [1.165, 1.54) is 86.9 Å². The summed E-state index contributed by atoms with van der Waals surface area (Å²) in [5.74, 6) is -1.41. The third-order valence-corrected chi connectivity index (χ3v) is 25.7. The average molecular weight is 1630 g/mol. The maximum absolute atomic E-state index is 13.1. The van der Waals surface area contributed by atoms with Crippen LogP contribution < -0.4 is 30.2 Å². The Labute approximate surface area is 663 Å². The van der Waals surface area contributed by atoms with Crippen molar-refractivity contribution in [3.63, 3.8) is 0 Å². The maximum atomic E-state index is 13.1. The van der Waals surface area contributed by atoms with Crippen LogP contribution in [0.4, 0.5) is 47.6 Å². The van der Waals surface area contributed by atoms with Crippen molar-refractivity contribution in [3.05, 3.63) is 211 Å². The third kappa shape index (κ3) is 24.1. The van der Waals surface area contributed by atoms with E-state index in [9.17, 15) is 21.8 Å². The molecular formula is C76H84F4N20OS8. The van der Waals surface area contributed by atoms with Gasteiger partial charge in [-0.3, -0.25) is 39.1 Å². The lowest BCUT2D eigenvalue weighted by atomic mass is 10.3. The maximum Gasteiger partial charge on any atom is 0.142 e. The Morgan fingerprint density at radius 3 is 0.853 bits per heavy atom. The van der Waals surface area contributed by atoms with Gasteiger partial charge >= 0.3 is 0 Å². The molecule has 0 aromatic carbocycles. The summed E-state index contributed by atoms with van der Waals surface area (Å²) in [4.78, 5) is 67.0. The van der Waals surface area contributed by atoms with E-state index in [0.717, 1.165) is 141 Å². The molecule has 0 aliphatic heterocycles. The van der Waals surface area contributed by atoms with Crippen molar-refractivity contribution in [2.75, 3.05) is 106 Å². The molecule has 21 nitrogen and oxygen atoms in total. The van der Waals surface area contributed by atoms with Gasteiger partial charge < -0.3 is 30.2 Å². The molecule has 0 fully saturated rings. The highest BCUT2D eigenvalue weighted by atomic mass is 32.2. The molecule has 109 heavy (non-hydrogen) atoms. The molecule has 0 radical (unpaired) electrons. The largest absolute Gasteiger partial charge is 0.378 e. The molecule has 0 spiro atoms. The number of aryl methyl sites for hydroxylation is 7. The lowest BCUT2D eigenvalue weighted by Crippen LogP contribution is -2.15. The highest BCUT2D eigenvalue weighted by Crippen LogP contribution is 2.38. The zero-order valence-corrected chi connectivity index (χ0v) is 70.0. The standard InChI is InChI=1S/C12H14FN3S.C12H15N3S.C11H12FN3S.C11H13N3S.C10H10FN3S.C10H9FN2OS2.C10H11N3S/c1-4-16(3)12-8(2)15-11(17-12)9-5-10(13)7-14-6-9;1-4-15(3)12-9(2)14-11(16-12)10-6-5-7-13-8-10;1-7-11(15(2)3)16-10(14-7)8-4-9(12)6-13-5-8;1-8-11(14(2)3)15-10(13-8)9-5-4-6-12-7-9;1-6-9(12-2)15-10(14-6)7-3-8(11)5-13-4-7;1-6-10(16(2)14)15-9(13-6)7-3-8(11)5-12-4-7;1-7-9(11-2)14-10(13-7)8-4-3-5-12-6-8/h5-7H,4H2,1-3H3;5-8H,4H2,1-3H3;4-6H,1-3H3;4-7H,1-3H3;3-5,12H,1-2H3;3-5H,1-2H3;3-6,11H,1-2H3. The van der Waals surface area contributed by atoms with Crippen LogP contribution in [0.5, 0.6) is 0 Å². The van der Waals surface area contributed by atoms with Gasteiger partial charge in [-0.2, -0.15) is 0 Å². The second-order valence-electron chi connectivity index (χ2n) is 24.0. The molecule has 0 amide bonds. The Hall–Kier alpha value is -9.87. The minimum Gasteiger partial charge on any atom is -0.378 e. The summed E-state index contributed by atoms with van der Waals surface area (Å²) in [6.07, 6.45) is 23.6. The SMILES string of the molecule is CCN(C)c1sc(-c2cccnc2)nc1C.CCN(C)c1sc(-c2cncc(F)c2)nc1C.CNc1sc(-c2cccnc2)nc1C.CNc1sc(-c2cncc(F)c2)nc1C.Cc1nc(-c2cccnc2)sc1N(C)C.Cc1nc(-c2cncc(F)c2)sc1N(C)C.Cc1nc(-c2cncc(F)c2)sc1S(C)=O. The molecule has 0 bridgehead atoms. The van der Waals surface area contributed by atoms with Crippen LogP contribution >= 0.6 is 79.4 Å². The molecule has 0 aliphatic carbocycles. The fourth-order valence-electron chi connectivity index (χ4n) is 9.73. The number of anilines is 6. The first-order chi connectivity index (χ1) is 52.2. The van der Waals surface area contributed by atoms with Crippen molar-refractivity contribution in [2.45, 2.75) is 66.5 Å². The van der Waals surface area contributed by atoms with Crippen molar-refractivity contribution in [1.82, 2.24) is 69.8 Å². The lowest BCUT2D eigenvalue weighted by Gasteiger charge is -2.13. The molecule has 14 rings (SSSR count). The summed E-state index contributed by atoms with van der Waals surface area (Å²) in [6.45, 7) is 19.9. The fourth-order valence-corrected chi connectivity index (χ4v) is 17.6. The summed E-state index contributed by atoms with van der Waals surface area (Å²) < 4.78 is 64.1. The molecule has 33 heteroatoms. The van der Waals surface area contributed by atoms with Gasteiger partial charge in [-0.25, -0.2) is 52.4 Å². The van der Waals surface area contributed by atoms with Gasteiger partial charge in [-0.05, 0) is 123 Å². The summed E-state index contributed by atoms with van der Waals surface area (Å²) >= 11 is 11.0. The Bertz CT molecular complexity index is 5200. The first-order valence-electron chi connectivity index (χ1n) is 33.6. The van der Waals surface area contributed by atoms with Crippen molar-refractivity contribution in [1.29, 1.82) is 0 Å². The minimum atomic E-state index is -1.06. The first kappa shape index (κ1) is 84.7. The van der Waals surface area contributed by atoms with Crippen LogP contribution in [-0.2, 0) is 10.8 Å². The van der Waals surface area contributed by atoms with Gasteiger partial charge in [0.2, 0.25) is 0 Å². The van der Waals surface area contributed by atoms with Crippen LogP contribution in [0.15, 0.2) is 152 Å². The Kier molecular flexibility index (Phi) is 31.9. The minimum absolute atomic E-state index is 0.333. The van der Waals surface area contributed by atoms with Crippen LogP contribution in [0.1, 0.15) is 53.7 Å². The van der Waals surface area contributed by atoms with Gasteiger partial charge in [-0.1, -0.05) is 68.0 Å². The number of aromatic nitrogens is 14. The molecular weight excluding hydrogens is 1540 g/mol. The third-order valence-electron chi connectivity index (χ3n) is 15.1. The molecule has 0 saturated heterocycles. The molecule has 14 aromatic rings. The lowest BCUT2D eigenvalue weighted by molar-refractivity contribution is 0.621. The number of rotatable bonds is 16. The number of nitrogens with zero attached hydrogens (tertiary/aromatic N) is 18. The molecule has 1 unspecified atom stereocenters. The fraction of sp³-hybridized carbons (Fsp3) is 0.263. The van der Waals surface area contributed by atoms with E-state index >= 15 is 0 Å². The summed E-state index contributed by atoms with van der Waals surface area (Å²) in [5.41, 5.74) is 12.8. The van der Waals surface area contributed by atoms with Gasteiger partial charge in [0.25, 0.3) is 0 Å². The molecule has 0 aliphatic rings. The van der Waals surface area contributed by atoms with Crippen molar-refractivity contribution in [3.8, 4) is 74.0 Å². The second kappa shape index (κ2) is 41.1. The van der Waals surface area contributed by atoms with E-state index in [2.05, 4.69) is 123 Å². The number of halogens is 4. The molecule has 14 heterocycles. The zero-order valence-electron chi connectivity index (χ0n) is 63.5. The second-order valence-corrected chi connectivity index (χ2v) is 32.4. The average Bonchev–Trinajstić information content (AvgIpc) is 1.78. The van der Waals surface area contributed by atoms with Crippen LogP contribution in [0.2, 0.25) is 0 Å². The van der Waals surface area contributed by atoms with E-state index in [0.29, 0.717) is 16.1 Å². The normalized spacial score (nSPS) is 10.7. The van der Waals surface area contributed by atoms with Crippen LogP contribution in [0.3, 0.4) is 0 Å². The summed E-state index contributed by atoms with van der Waals surface area (Å²) in [7, 11) is 14.8. The Morgan fingerprint density at radius 1 is 0.349 bits per heavy atom. The monoisotopic (exact) mass is 1620 g/mol. The van der Waals surface area contributed by atoms with Gasteiger partial charge in [0, 0.05) is 177 Å². The van der Waals surface area contributed by atoms with E-state index < -0.39 is 16.6 Å². The highest BCUT2D eigenvalue weighted by Gasteiger charge is 2.18. The molecule has 570 valence electrons. The van der Waals surface area contributed by atoms with E-state index in [1.54, 1.807) is 102 Å². The predicted molar refractivity (Wildman–Crippen MR) is 448 cm³/mol. The number of hydrogen-bond acceptors (Lipinski definition) is 28. The van der Waals surface area contributed by atoms with E-state index in [-0.39, 0.29) is 17.5 Å². The number of nitrogens with one attached hydrogen (secondary N) is 2. The molecule has 2 N–H and O–H groups in total. The van der Waals surface area contributed by atoms with E-state index in [4.69, 9.17) is 0 Å². The number of thiazole rings is 7. The van der Waals surface area contributed by atoms with Gasteiger partial charge in [0.15, 0.2) is 0 Å². The van der Waals surface area contributed by atoms with Gasteiger partial charge in [0.05, 0.1) is 75.4 Å². The van der Waals surface area contributed by atoms with Crippen LogP contribution in [0, 0.1) is 71.7 Å². The molecule has 1 atom stereocenters. The summed E-state index contributed by atoms with van der Waals surface area (Å²) in [5, 5.41) is 19.0. The topological polar surface area (TPSA) is 235 Å². The number of hydrogen-bond donors (Lipinski definition) is 2. The predicted octanol–water partition coefficient (Wildman–Crippen LogP) is 19.0. The summed E-state index contributed by atoms with van der Waals surface area (Å²) in [6, 6.07) is 17.6. The zero-order chi connectivity index (χ0) is 79.0. The Balaban J connectivity index is 0.000000160. The quantitative estimate of drug-likeness (QED) is 0.0856. The Morgan fingerprint density at radius 2 is 0.606 bits per heavy atom. The first-order valence-corrected chi connectivity index (χ1v) is 40.9. The molecule has 14 aromatic heterocycles. The van der Waals surface area contributed by atoms with Crippen LogP contribution in [0.25, 0.3) is 74.0 Å². The smallest absolute Gasteiger partial charge is 0.142 e. The van der Waals surface area contributed by atoms with Crippen molar-refractivity contribution in [2.24, 2.45) is 0 Å². The number of pyridine rings is 7. The molecule has 0 saturated carbocycles.